The van der Waals surface area contributed by atoms with Crippen LogP contribution in [0.25, 0.3) is 0 Å². The fourth-order valence-corrected chi connectivity index (χ4v) is 1.96. The topological polar surface area (TPSA) is 93.8 Å². The van der Waals surface area contributed by atoms with Crippen LogP contribution in [0, 0.1) is 17.0 Å². The molecular formula is C17H17N3O4. The predicted octanol–water partition coefficient (Wildman–Crippen LogP) is 2.82. The van der Waals surface area contributed by atoms with E-state index in [1.54, 1.807) is 19.9 Å². The molecule has 0 aliphatic heterocycles. The highest BCUT2D eigenvalue weighted by atomic mass is 16.6. The molecule has 2 aromatic rings. The van der Waals surface area contributed by atoms with E-state index in [1.807, 2.05) is 30.3 Å². The van der Waals surface area contributed by atoms with Crippen LogP contribution < -0.4 is 10.2 Å². The number of benzene rings is 2. The number of nitrogens with one attached hydrogen (secondary N) is 1. The highest BCUT2D eigenvalue weighted by Crippen LogP contribution is 2.27. The van der Waals surface area contributed by atoms with Crippen LogP contribution in [-0.2, 0) is 4.79 Å². The molecule has 24 heavy (non-hydrogen) atoms. The van der Waals surface area contributed by atoms with Crippen molar-refractivity contribution in [3.63, 3.8) is 0 Å². The van der Waals surface area contributed by atoms with Crippen LogP contribution in [0.15, 0.2) is 53.6 Å². The average molecular weight is 327 g/mol. The fourth-order valence-electron chi connectivity index (χ4n) is 1.96. The Morgan fingerprint density at radius 3 is 2.62 bits per heavy atom. The average Bonchev–Trinajstić information content (AvgIpc) is 2.59. The first kappa shape index (κ1) is 17.1. The molecule has 0 heterocycles. The molecule has 2 rings (SSSR count). The lowest BCUT2D eigenvalue weighted by molar-refractivity contribution is -0.385. The summed E-state index contributed by atoms with van der Waals surface area (Å²) in [6.07, 6.45) is 0. The first-order valence-electron chi connectivity index (χ1n) is 7.24. The molecule has 0 atom stereocenters. The van der Waals surface area contributed by atoms with Crippen molar-refractivity contribution in [3.8, 4) is 5.75 Å². The summed E-state index contributed by atoms with van der Waals surface area (Å²) in [5, 5.41) is 15.0. The summed E-state index contributed by atoms with van der Waals surface area (Å²) >= 11 is 0. The second-order valence-corrected chi connectivity index (χ2v) is 5.12. The quantitative estimate of drug-likeness (QED) is 0.501. The minimum atomic E-state index is -0.544. The molecule has 0 saturated heterocycles. The molecule has 0 radical (unpaired) electrons. The Morgan fingerprint density at radius 2 is 1.96 bits per heavy atom. The van der Waals surface area contributed by atoms with E-state index in [-0.39, 0.29) is 18.0 Å². The zero-order valence-electron chi connectivity index (χ0n) is 13.4. The van der Waals surface area contributed by atoms with E-state index in [4.69, 9.17) is 4.74 Å². The van der Waals surface area contributed by atoms with Gasteiger partial charge in [0.1, 0.15) is 0 Å². The summed E-state index contributed by atoms with van der Waals surface area (Å²) in [5.74, 6) is -0.454. The summed E-state index contributed by atoms with van der Waals surface area (Å²) < 4.78 is 5.23. The van der Waals surface area contributed by atoms with Gasteiger partial charge in [-0.3, -0.25) is 14.9 Å². The number of hydrogen-bond acceptors (Lipinski definition) is 5. The molecule has 0 aliphatic carbocycles. The lowest BCUT2D eigenvalue weighted by Gasteiger charge is -2.07. The number of ether oxygens (including phenoxy) is 1. The molecule has 0 unspecified atom stereocenters. The standard InChI is InChI=1S/C17H17N3O4/c1-12-8-9-16(15(10-12)20(22)23)24-11-17(21)19-18-13(2)14-6-4-3-5-7-14/h3-10H,11H2,1-2H3,(H,19,21)/b18-13+. The van der Waals surface area contributed by atoms with Gasteiger partial charge in [-0.2, -0.15) is 5.10 Å². The lowest BCUT2D eigenvalue weighted by atomic mass is 10.1. The maximum Gasteiger partial charge on any atom is 0.311 e. The molecule has 0 saturated carbocycles. The molecule has 0 aliphatic rings. The molecule has 1 N–H and O–H groups in total. The van der Waals surface area contributed by atoms with Crippen molar-refractivity contribution in [3.05, 3.63) is 69.8 Å². The third kappa shape index (κ3) is 4.64. The van der Waals surface area contributed by atoms with Gasteiger partial charge in [0, 0.05) is 6.07 Å². The minimum absolute atomic E-state index is 0.0458. The molecular weight excluding hydrogens is 310 g/mol. The molecule has 0 bridgehead atoms. The van der Waals surface area contributed by atoms with Crippen LogP contribution in [0.4, 0.5) is 5.69 Å². The van der Waals surface area contributed by atoms with Gasteiger partial charge in [0.05, 0.1) is 10.6 Å². The van der Waals surface area contributed by atoms with Crippen LogP contribution in [0.1, 0.15) is 18.1 Å². The lowest BCUT2D eigenvalue weighted by Crippen LogP contribution is -2.25. The number of amides is 1. The van der Waals surface area contributed by atoms with Crippen molar-refractivity contribution in [1.82, 2.24) is 5.43 Å². The van der Waals surface area contributed by atoms with Gasteiger partial charge in [-0.05, 0) is 31.0 Å². The van der Waals surface area contributed by atoms with Crippen molar-refractivity contribution in [2.75, 3.05) is 6.61 Å². The van der Waals surface area contributed by atoms with Crippen LogP contribution in [0.2, 0.25) is 0 Å². The number of carbonyl (C=O) groups excluding carboxylic acids is 1. The minimum Gasteiger partial charge on any atom is -0.477 e. The van der Waals surface area contributed by atoms with Gasteiger partial charge < -0.3 is 4.74 Å². The number of rotatable bonds is 6. The molecule has 7 heteroatoms. The van der Waals surface area contributed by atoms with E-state index in [9.17, 15) is 14.9 Å². The molecule has 1 amide bonds. The first-order chi connectivity index (χ1) is 11.5. The van der Waals surface area contributed by atoms with Gasteiger partial charge in [-0.25, -0.2) is 5.43 Å². The summed E-state index contributed by atoms with van der Waals surface area (Å²) in [6, 6.07) is 13.9. The monoisotopic (exact) mass is 327 g/mol. The number of nitro groups is 1. The molecule has 2 aromatic carbocycles. The molecule has 0 fully saturated rings. The van der Waals surface area contributed by atoms with Crippen molar-refractivity contribution in [2.24, 2.45) is 5.10 Å². The van der Waals surface area contributed by atoms with Crippen LogP contribution in [-0.4, -0.2) is 23.1 Å². The van der Waals surface area contributed by atoms with Gasteiger partial charge >= 0.3 is 5.69 Å². The number of nitro benzene ring substituents is 1. The molecule has 0 spiro atoms. The second kappa shape index (κ2) is 7.87. The fraction of sp³-hybridized carbons (Fsp3) is 0.176. The van der Waals surface area contributed by atoms with Gasteiger partial charge in [0.25, 0.3) is 5.91 Å². The summed E-state index contributed by atoms with van der Waals surface area (Å²) in [6.45, 7) is 3.14. The van der Waals surface area contributed by atoms with Crippen molar-refractivity contribution >= 4 is 17.3 Å². The molecule has 7 nitrogen and oxygen atoms in total. The zero-order valence-corrected chi connectivity index (χ0v) is 13.4. The number of nitrogens with zero attached hydrogens (tertiary/aromatic N) is 2. The Kier molecular flexibility index (Phi) is 5.62. The van der Waals surface area contributed by atoms with E-state index < -0.39 is 10.8 Å². The van der Waals surface area contributed by atoms with E-state index in [0.717, 1.165) is 11.1 Å². The third-order valence-corrected chi connectivity index (χ3v) is 3.21. The van der Waals surface area contributed by atoms with Gasteiger partial charge in [-0.1, -0.05) is 36.4 Å². The number of aryl methyl sites for hydroxylation is 1. The number of hydrogen-bond donors (Lipinski definition) is 1. The summed E-state index contributed by atoms with van der Waals surface area (Å²) in [7, 11) is 0. The highest BCUT2D eigenvalue weighted by molar-refractivity contribution is 5.99. The Labute approximate surface area is 139 Å². The summed E-state index contributed by atoms with van der Waals surface area (Å²) in [5.41, 5.74) is 4.45. The normalized spacial score (nSPS) is 11.0. The largest absolute Gasteiger partial charge is 0.477 e. The number of hydrazone groups is 1. The van der Waals surface area contributed by atoms with E-state index in [0.29, 0.717) is 5.71 Å². The van der Waals surface area contributed by atoms with Gasteiger partial charge in [0.15, 0.2) is 12.4 Å². The van der Waals surface area contributed by atoms with Crippen LogP contribution in [0.3, 0.4) is 0 Å². The first-order valence-corrected chi connectivity index (χ1v) is 7.24. The van der Waals surface area contributed by atoms with Crippen LogP contribution in [0.5, 0.6) is 5.75 Å². The zero-order chi connectivity index (χ0) is 17.5. The highest BCUT2D eigenvalue weighted by Gasteiger charge is 2.16. The number of carbonyl (C=O) groups is 1. The maximum absolute atomic E-state index is 11.8. The van der Waals surface area contributed by atoms with E-state index in [2.05, 4.69) is 10.5 Å². The van der Waals surface area contributed by atoms with Crippen LogP contribution >= 0.6 is 0 Å². The second-order valence-electron chi connectivity index (χ2n) is 5.12. The maximum atomic E-state index is 11.8. The summed E-state index contributed by atoms with van der Waals surface area (Å²) in [4.78, 5) is 22.2. The Hall–Kier alpha value is -3.22. The smallest absolute Gasteiger partial charge is 0.311 e. The SMILES string of the molecule is C/C(=N\NC(=O)COc1ccc(C)cc1[N+](=O)[O-])c1ccccc1. The van der Waals surface area contributed by atoms with E-state index >= 15 is 0 Å². The Balaban J connectivity index is 1.96. The van der Waals surface area contributed by atoms with Gasteiger partial charge in [-0.15, -0.1) is 0 Å². The van der Waals surface area contributed by atoms with Gasteiger partial charge in [0.2, 0.25) is 0 Å². The van der Waals surface area contributed by atoms with Crippen molar-refractivity contribution < 1.29 is 14.5 Å². The van der Waals surface area contributed by atoms with E-state index in [1.165, 1.54) is 12.1 Å². The van der Waals surface area contributed by atoms with Crippen molar-refractivity contribution in [2.45, 2.75) is 13.8 Å². The Bertz CT molecular complexity index is 773. The molecule has 124 valence electrons. The molecule has 0 aromatic heterocycles. The predicted molar refractivity (Wildman–Crippen MR) is 90.1 cm³/mol. The third-order valence-electron chi connectivity index (χ3n) is 3.21. The Morgan fingerprint density at radius 1 is 1.25 bits per heavy atom. The van der Waals surface area contributed by atoms with Crippen molar-refractivity contribution in [1.29, 1.82) is 0 Å².